The molecule has 0 amide bonds. The number of hydrogen-bond acceptors (Lipinski definition) is 5. The summed E-state index contributed by atoms with van der Waals surface area (Å²) in [6, 6.07) is 10.4. The van der Waals surface area contributed by atoms with E-state index in [4.69, 9.17) is 0 Å². The molecule has 1 fully saturated rings. The average molecular weight is 348 g/mol. The third-order valence-electron chi connectivity index (χ3n) is 5.39. The Hall–Kier alpha value is -2.53. The first-order valence-electron chi connectivity index (χ1n) is 9.12. The Labute approximate surface area is 153 Å². The molecule has 2 N–H and O–H groups in total. The van der Waals surface area contributed by atoms with Crippen LogP contribution in [0.15, 0.2) is 36.5 Å². The maximum absolute atomic E-state index is 9.83. The third-order valence-corrected chi connectivity index (χ3v) is 5.39. The molecule has 1 aliphatic rings. The molecular weight excluding hydrogens is 324 g/mol. The quantitative estimate of drug-likeness (QED) is 0.749. The molecule has 3 aromatic rings. The Balaban J connectivity index is 1.72. The number of aryl methyl sites for hydroxylation is 2. The number of aliphatic hydroxyl groups excluding tert-OH is 1. The van der Waals surface area contributed by atoms with Gasteiger partial charge in [-0.2, -0.15) is 0 Å². The molecule has 2 heterocycles. The molecular formula is C21H24N4O. The standard InChI is InChI=1S/C21H24N4O/c1-12-13(2)23-14(3)24-21(12)25-20(16-9-18(26)10-16)17-8-15-6-4-5-7-19(15)22-11-17/h4-8,11,16,18,20,26H,9-10H2,1-3H3,(H,23,24,25)/t16?,18?,20-/m0/s1. The van der Waals surface area contributed by atoms with Crippen molar-refractivity contribution < 1.29 is 5.11 Å². The fraction of sp³-hybridized carbons (Fsp3) is 0.381. The van der Waals surface area contributed by atoms with Crippen molar-refractivity contribution in [1.82, 2.24) is 15.0 Å². The lowest BCUT2D eigenvalue weighted by Crippen LogP contribution is -2.36. The minimum atomic E-state index is -0.201. The number of aliphatic hydroxyl groups is 1. The summed E-state index contributed by atoms with van der Waals surface area (Å²) in [5, 5.41) is 14.6. The highest BCUT2D eigenvalue weighted by Gasteiger charge is 2.35. The monoisotopic (exact) mass is 348 g/mol. The maximum atomic E-state index is 9.83. The largest absolute Gasteiger partial charge is 0.393 e. The fourth-order valence-corrected chi connectivity index (χ4v) is 3.69. The van der Waals surface area contributed by atoms with E-state index >= 15 is 0 Å². The molecule has 134 valence electrons. The summed E-state index contributed by atoms with van der Waals surface area (Å²) in [5.74, 6) is 2.00. The topological polar surface area (TPSA) is 70.9 Å². The highest BCUT2D eigenvalue weighted by Crippen LogP contribution is 2.40. The van der Waals surface area contributed by atoms with Crippen LogP contribution < -0.4 is 5.32 Å². The molecule has 0 bridgehead atoms. The molecule has 5 nitrogen and oxygen atoms in total. The zero-order chi connectivity index (χ0) is 18.3. The zero-order valence-electron chi connectivity index (χ0n) is 15.4. The van der Waals surface area contributed by atoms with Gasteiger partial charge in [0.15, 0.2) is 0 Å². The number of hydrogen-bond donors (Lipinski definition) is 2. The fourth-order valence-electron chi connectivity index (χ4n) is 3.69. The van der Waals surface area contributed by atoms with Gasteiger partial charge in [0.05, 0.1) is 17.7 Å². The summed E-state index contributed by atoms with van der Waals surface area (Å²) < 4.78 is 0. The van der Waals surface area contributed by atoms with Crippen molar-refractivity contribution in [2.45, 2.75) is 45.8 Å². The van der Waals surface area contributed by atoms with E-state index in [9.17, 15) is 5.11 Å². The molecule has 1 aromatic carbocycles. The normalized spacial score (nSPS) is 20.6. The number of rotatable bonds is 4. The van der Waals surface area contributed by atoms with Gasteiger partial charge in [0.1, 0.15) is 11.6 Å². The van der Waals surface area contributed by atoms with Crippen molar-refractivity contribution in [3.63, 3.8) is 0 Å². The highest BCUT2D eigenvalue weighted by molar-refractivity contribution is 5.79. The SMILES string of the molecule is Cc1nc(C)c(C)c(N[C@H](c2cnc3ccccc3c2)C2CC(O)C2)n1. The summed E-state index contributed by atoms with van der Waals surface area (Å²) >= 11 is 0. The van der Waals surface area contributed by atoms with Gasteiger partial charge in [-0.15, -0.1) is 0 Å². The molecule has 1 aliphatic carbocycles. The van der Waals surface area contributed by atoms with E-state index < -0.39 is 0 Å². The van der Waals surface area contributed by atoms with Crippen LogP contribution >= 0.6 is 0 Å². The van der Waals surface area contributed by atoms with E-state index in [1.807, 2.05) is 45.2 Å². The minimum Gasteiger partial charge on any atom is -0.393 e. The van der Waals surface area contributed by atoms with Crippen LogP contribution in [0.1, 0.15) is 41.5 Å². The van der Waals surface area contributed by atoms with E-state index in [-0.39, 0.29) is 12.1 Å². The van der Waals surface area contributed by atoms with Crippen molar-refractivity contribution >= 4 is 16.7 Å². The van der Waals surface area contributed by atoms with Gasteiger partial charge < -0.3 is 10.4 Å². The lowest BCUT2D eigenvalue weighted by molar-refractivity contribution is 0.0339. The van der Waals surface area contributed by atoms with E-state index in [2.05, 4.69) is 32.4 Å². The molecule has 0 aliphatic heterocycles. The summed E-state index contributed by atoms with van der Waals surface area (Å²) in [7, 11) is 0. The Morgan fingerprint density at radius 1 is 1.12 bits per heavy atom. The van der Waals surface area contributed by atoms with Crippen molar-refractivity contribution in [3.05, 3.63) is 59.2 Å². The molecule has 0 saturated heterocycles. The van der Waals surface area contributed by atoms with Gasteiger partial charge in [-0.25, -0.2) is 9.97 Å². The smallest absolute Gasteiger partial charge is 0.133 e. The van der Waals surface area contributed by atoms with Gasteiger partial charge in [-0.1, -0.05) is 18.2 Å². The predicted octanol–water partition coefficient (Wildman–Crippen LogP) is 3.87. The van der Waals surface area contributed by atoms with Gasteiger partial charge in [-0.05, 0) is 57.2 Å². The van der Waals surface area contributed by atoms with Crippen LogP contribution in [-0.4, -0.2) is 26.2 Å². The molecule has 1 saturated carbocycles. The molecule has 0 unspecified atom stereocenters. The highest BCUT2D eigenvalue weighted by atomic mass is 16.3. The van der Waals surface area contributed by atoms with Crippen LogP contribution in [0.3, 0.4) is 0 Å². The summed E-state index contributed by atoms with van der Waals surface area (Å²) in [6.45, 7) is 5.97. The zero-order valence-corrected chi connectivity index (χ0v) is 15.4. The number of nitrogens with one attached hydrogen (secondary N) is 1. The van der Waals surface area contributed by atoms with Crippen molar-refractivity contribution in [2.24, 2.45) is 5.92 Å². The van der Waals surface area contributed by atoms with Crippen LogP contribution in [0, 0.1) is 26.7 Å². The van der Waals surface area contributed by atoms with E-state index in [1.165, 1.54) is 0 Å². The molecule has 4 rings (SSSR count). The summed E-state index contributed by atoms with van der Waals surface area (Å²) in [6.07, 6.45) is 3.34. The number of aromatic nitrogens is 3. The molecule has 0 radical (unpaired) electrons. The van der Waals surface area contributed by atoms with Gasteiger partial charge in [-0.3, -0.25) is 4.98 Å². The van der Waals surface area contributed by atoms with E-state index in [0.717, 1.165) is 52.2 Å². The van der Waals surface area contributed by atoms with E-state index in [1.54, 1.807) is 0 Å². The van der Waals surface area contributed by atoms with Crippen molar-refractivity contribution in [3.8, 4) is 0 Å². The molecule has 2 aromatic heterocycles. The Kier molecular flexibility index (Phi) is 4.32. The van der Waals surface area contributed by atoms with Crippen LogP contribution in [0.25, 0.3) is 10.9 Å². The first kappa shape index (κ1) is 16.9. The maximum Gasteiger partial charge on any atom is 0.133 e. The third kappa shape index (κ3) is 3.15. The summed E-state index contributed by atoms with van der Waals surface area (Å²) in [5.41, 5.74) is 4.18. The number of benzene rings is 1. The molecule has 26 heavy (non-hydrogen) atoms. The number of pyridine rings is 1. The second-order valence-electron chi connectivity index (χ2n) is 7.30. The Morgan fingerprint density at radius 3 is 2.65 bits per heavy atom. The van der Waals surface area contributed by atoms with Crippen LogP contribution in [0.4, 0.5) is 5.82 Å². The number of para-hydroxylation sites is 1. The van der Waals surface area contributed by atoms with Gasteiger partial charge in [0.2, 0.25) is 0 Å². The Bertz CT molecular complexity index is 950. The first-order valence-corrected chi connectivity index (χ1v) is 9.12. The van der Waals surface area contributed by atoms with Crippen LogP contribution in [0.5, 0.6) is 0 Å². The second-order valence-corrected chi connectivity index (χ2v) is 7.30. The van der Waals surface area contributed by atoms with Crippen LogP contribution in [-0.2, 0) is 0 Å². The first-order chi connectivity index (χ1) is 12.5. The minimum absolute atomic E-state index is 0.0721. The lowest BCUT2D eigenvalue weighted by Gasteiger charge is -2.38. The van der Waals surface area contributed by atoms with Gasteiger partial charge >= 0.3 is 0 Å². The molecule has 5 heteroatoms. The van der Waals surface area contributed by atoms with Crippen molar-refractivity contribution in [2.75, 3.05) is 5.32 Å². The van der Waals surface area contributed by atoms with Gasteiger partial charge in [0.25, 0.3) is 0 Å². The van der Waals surface area contributed by atoms with Crippen molar-refractivity contribution in [1.29, 1.82) is 0 Å². The second kappa shape index (κ2) is 6.65. The number of nitrogens with zero attached hydrogens (tertiary/aromatic N) is 3. The van der Waals surface area contributed by atoms with Gasteiger partial charge in [0, 0.05) is 22.8 Å². The van der Waals surface area contributed by atoms with Crippen LogP contribution in [0.2, 0.25) is 0 Å². The number of fused-ring (bicyclic) bond motifs is 1. The lowest BCUT2D eigenvalue weighted by atomic mass is 9.75. The average Bonchev–Trinajstić information content (AvgIpc) is 2.60. The summed E-state index contributed by atoms with van der Waals surface area (Å²) in [4.78, 5) is 13.7. The van der Waals surface area contributed by atoms with E-state index in [0.29, 0.717) is 5.92 Å². The number of anilines is 1. The molecule has 0 spiro atoms. The predicted molar refractivity (Wildman–Crippen MR) is 103 cm³/mol. The molecule has 1 atom stereocenters. The Morgan fingerprint density at radius 2 is 1.88 bits per heavy atom.